The minimum Gasteiger partial charge on any atom is -0.351 e. The lowest BCUT2D eigenvalue weighted by atomic mass is 10.1. The summed E-state index contributed by atoms with van der Waals surface area (Å²) in [5, 5.41) is 3.09. The second kappa shape index (κ2) is 3.52. The molecule has 0 saturated carbocycles. The smallest absolute Gasteiger partial charge is 0.0765 e. The lowest BCUT2D eigenvalue weighted by Gasteiger charge is -2.07. The molecule has 0 heterocycles. The van der Waals surface area contributed by atoms with Crippen molar-refractivity contribution in [2.75, 3.05) is 0 Å². The largest absolute Gasteiger partial charge is 0.351 e. The predicted octanol–water partition coefficient (Wildman–Crippen LogP) is 2.16. The van der Waals surface area contributed by atoms with Gasteiger partial charge < -0.3 is 5.32 Å². The van der Waals surface area contributed by atoms with Crippen LogP contribution in [0.2, 0.25) is 0 Å². The summed E-state index contributed by atoms with van der Waals surface area (Å²) in [6.07, 6.45) is 8.67. The molecule has 0 aromatic heterocycles. The van der Waals surface area contributed by atoms with Gasteiger partial charge in [0.1, 0.15) is 0 Å². The highest BCUT2D eigenvalue weighted by Crippen LogP contribution is 2.06. The number of thiocarbonyl (C=S) groups is 1. The van der Waals surface area contributed by atoms with Crippen molar-refractivity contribution in [1.82, 2.24) is 5.32 Å². The highest BCUT2D eigenvalue weighted by Gasteiger charge is 1.95. The van der Waals surface area contributed by atoms with E-state index in [0.29, 0.717) is 0 Å². The van der Waals surface area contributed by atoms with Gasteiger partial charge in [0.25, 0.3) is 0 Å². The number of nitrogens with one attached hydrogen (secondary N) is 1. The molecule has 1 aliphatic rings. The first-order valence-corrected chi connectivity index (χ1v) is 3.84. The highest BCUT2D eigenvalue weighted by atomic mass is 32.1. The van der Waals surface area contributed by atoms with Gasteiger partial charge in [-0.15, -0.1) is 0 Å². The number of rotatable bonds is 1. The highest BCUT2D eigenvalue weighted by molar-refractivity contribution is 7.80. The van der Waals surface area contributed by atoms with Crippen LogP contribution in [0.5, 0.6) is 0 Å². The summed E-state index contributed by atoms with van der Waals surface area (Å²) in [6, 6.07) is 0. The van der Waals surface area contributed by atoms with Crippen molar-refractivity contribution >= 4 is 17.2 Å². The van der Waals surface area contributed by atoms with Gasteiger partial charge in [-0.1, -0.05) is 24.4 Å². The van der Waals surface area contributed by atoms with E-state index in [2.05, 4.69) is 23.5 Å². The Labute approximate surface area is 66.8 Å². The Morgan fingerprint density at radius 2 is 2.40 bits per heavy atom. The maximum absolute atomic E-state index is 4.89. The molecule has 0 spiro atoms. The molecule has 2 heteroatoms. The van der Waals surface area contributed by atoms with Crippen LogP contribution in [0.3, 0.4) is 0 Å². The van der Waals surface area contributed by atoms with E-state index < -0.39 is 0 Å². The quantitative estimate of drug-likeness (QED) is 0.579. The van der Waals surface area contributed by atoms with Gasteiger partial charge in [0, 0.05) is 5.70 Å². The number of hydrogen-bond acceptors (Lipinski definition) is 1. The molecule has 0 aliphatic heterocycles. The van der Waals surface area contributed by atoms with Crippen LogP contribution < -0.4 is 5.32 Å². The first-order chi connectivity index (χ1) is 4.79. The number of allylic oxidation sites excluding steroid dienone is 3. The maximum Gasteiger partial charge on any atom is 0.0765 e. The van der Waals surface area contributed by atoms with Crippen LogP contribution in [0, 0.1) is 0 Å². The van der Waals surface area contributed by atoms with Gasteiger partial charge in [0.2, 0.25) is 0 Å². The molecule has 54 valence electrons. The molecule has 0 unspecified atom stereocenters. The summed E-state index contributed by atoms with van der Waals surface area (Å²) in [5.41, 5.74) is 1.14. The first-order valence-electron chi connectivity index (χ1n) is 3.43. The molecule has 0 aromatic carbocycles. The van der Waals surface area contributed by atoms with Gasteiger partial charge in [-0.2, -0.15) is 0 Å². The van der Waals surface area contributed by atoms with E-state index >= 15 is 0 Å². The molecule has 0 amide bonds. The zero-order chi connectivity index (χ0) is 7.40. The Balaban J connectivity index is 2.48. The van der Waals surface area contributed by atoms with E-state index in [1.54, 1.807) is 0 Å². The van der Waals surface area contributed by atoms with E-state index in [1.165, 1.54) is 0 Å². The molecule has 1 N–H and O–H groups in total. The molecular formula is C8H11NS. The molecule has 0 radical (unpaired) electrons. The minimum atomic E-state index is 0.831. The Kier molecular flexibility index (Phi) is 2.63. The number of hydrogen-bond donors (Lipinski definition) is 1. The van der Waals surface area contributed by atoms with Gasteiger partial charge in [0.05, 0.1) is 4.99 Å². The zero-order valence-electron chi connectivity index (χ0n) is 6.05. The van der Waals surface area contributed by atoms with Gasteiger partial charge in [-0.3, -0.25) is 0 Å². The lowest BCUT2D eigenvalue weighted by molar-refractivity contribution is 0.987. The van der Waals surface area contributed by atoms with Crippen molar-refractivity contribution in [2.24, 2.45) is 0 Å². The average Bonchev–Trinajstić information content (AvgIpc) is 1.88. The monoisotopic (exact) mass is 153 g/mol. The topological polar surface area (TPSA) is 12.0 Å². The van der Waals surface area contributed by atoms with Crippen LogP contribution in [-0.4, -0.2) is 4.99 Å². The zero-order valence-corrected chi connectivity index (χ0v) is 6.87. The van der Waals surface area contributed by atoms with Crippen molar-refractivity contribution in [1.29, 1.82) is 0 Å². The summed E-state index contributed by atoms with van der Waals surface area (Å²) >= 11 is 4.89. The Hall–Kier alpha value is -0.630. The SMILES string of the molecule is CC(=S)NC1=CCCC=C1. The molecule has 1 nitrogen and oxygen atoms in total. The van der Waals surface area contributed by atoms with Crippen LogP contribution in [0.15, 0.2) is 23.9 Å². The summed E-state index contributed by atoms with van der Waals surface area (Å²) in [7, 11) is 0. The Morgan fingerprint density at radius 1 is 1.60 bits per heavy atom. The fourth-order valence-corrected chi connectivity index (χ4v) is 1.03. The first kappa shape index (κ1) is 7.48. The fraction of sp³-hybridized carbons (Fsp3) is 0.375. The molecule has 1 aliphatic carbocycles. The Morgan fingerprint density at radius 3 is 2.90 bits per heavy atom. The molecule has 10 heavy (non-hydrogen) atoms. The third kappa shape index (κ3) is 2.31. The summed E-state index contributed by atoms with van der Waals surface area (Å²) < 4.78 is 0. The second-order valence-electron chi connectivity index (χ2n) is 2.32. The van der Waals surface area contributed by atoms with Gasteiger partial charge in [-0.05, 0) is 25.8 Å². The lowest BCUT2D eigenvalue weighted by Crippen LogP contribution is -2.16. The summed E-state index contributed by atoms with van der Waals surface area (Å²) in [4.78, 5) is 0.831. The van der Waals surface area contributed by atoms with Crippen molar-refractivity contribution < 1.29 is 0 Å². The van der Waals surface area contributed by atoms with Crippen molar-refractivity contribution in [3.05, 3.63) is 23.9 Å². The average molecular weight is 153 g/mol. The molecule has 1 rings (SSSR count). The molecule has 0 saturated heterocycles. The molecule has 0 fully saturated rings. The van der Waals surface area contributed by atoms with Crippen LogP contribution in [0.1, 0.15) is 19.8 Å². The van der Waals surface area contributed by atoms with Crippen molar-refractivity contribution in [2.45, 2.75) is 19.8 Å². The molecule has 0 aromatic rings. The molecule has 0 atom stereocenters. The van der Waals surface area contributed by atoms with Crippen LogP contribution in [0.25, 0.3) is 0 Å². The van der Waals surface area contributed by atoms with Crippen LogP contribution in [-0.2, 0) is 0 Å². The van der Waals surface area contributed by atoms with E-state index in [0.717, 1.165) is 23.5 Å². The van der Waals surface area contributed by atoms with E-state index in [1.807, 2.05) is 6.92 Å². The van der Waals surface area contributed by atoms with Crippen LogP contribution in [0.4, 0.5) is 0 Å². The molecular weight excluding hydrogens is 142 g/mol. The predicted molar refractivity (Wildman–Crippen MR) is 47.9 cm³/mol. The van der Waals surface area contributed by atoms with Gasteiger partial charge in [0.15, 0.2) is 0 Å². The van der Waals surface area contributed by atoms with Crippen molar-refractivity contribution in [3.8, 4) is 0 Å². The normalized spacial score (nSPS) is 16.3. The fourth-order valence-electron chi connectivity index (χ4n) is 0.909. The maximum atomic E-state index is 4.89. The third-order valence-corrected chi connectivity index (χ3v) is 1.42. The molecule has 0 bridgehead atoms. The summed E-state index contributed by atoms with van der Waals surface area (Å²) in [5.74, 6) is 0. The van der Waals surface area contributed by atoms with E-state index in [4.69, 9.17) is 12.2 Å². The standard InChI is InChI=1S/C8H11NS/c1-7(10)9-8-5-3-2-4-6-8/h3,5-6H,2,4H2,1H3,(H,9,10). The van der Waals surface area contributed by atoms with Gasteiger partial charge >= 0.3 is 0 Å². The van der Waals surface area contributed by atoms with Gasteiger partial charge in [-0.25, -0.2) is 0 Å². The van der Waals surface area contributed by atoms with E-state index in [-0.39, 0.29) is 0 Å². The Bertz CT molecular complexity index is 191. The van der Waals surface area contributed by atoms with Crippen molar-refractivity contribution in [3.63, 3.8) is 0 Å². The van der Waals surface area contributed by atoms with E-state index in [9.17, 15) is 0 Å². The van der Waals surface area contributed by atoms with Crippen LogP contribution >= 0.6 is 12.2 Å². The third-order valence-electron chi connectivity index (χ3n) is 1.32. The minimum absolute atomic E-state index is 0.831. The second-order valence-corrected chi connectivity index (χ2v) is 2.93. The summed E-state index contributed by atoms with van der Waals surface area (Å²) in [6.45, 7) is 1.89.